The van der Waals surface area contributed by atoms with Crippen molar-refractivity contribution in [2.75, 3.05) is 16.8 Å². The summed E-state index contributed by atoms with van der Waals surface area (Å²) in [4.78, 5) is 19.5. The van der Waals surface area contributed by atoms with Crippen LogP contribution in [0.25, 0.3) is 0 Å². The van der Waals surface area contributed by atoms with Gasteiger partial charge in [0, 0.05) is 5.56 Å². The number of nitrogens with two attached hydrogens (primary N) is 2. The molecule has 5 N–H and O–H groups in total. The highest BCUT2D eigenvalue weighted by molar-refractivity contribution is 6.42. The van der Waals surface area contributed by atoms with Crippen LogP contribution in [0.4, 0.5) is 17.3 Å². The van der Waals surface area contributed by atoms with E-state index in [4.69, 9.17) is 34.7 Å². The molecule has 0 spiro atoms. The van der Waals surface area contributed by atoms with E-state index in [1.807, 2.05) is 0 Å². The Morgan fingerprint density at radius 2 is 1.74 bits per heavy atom. The maximum atomic E-state index is 12.0. The summed E-state index contributed by atoms with van der Waals surface area (Å²) >= 11 is 11.6. The van der Waals surface area contributed by atoms with E-state index in [-0.39, 0.29) is 22.3 Å². The average Bonchev–Trinajstić information content (AvgIpc) is 2.37. The Labute approximate surface area is 118 Å². The number of nitrogens with one attached hydrogen (secondary N) is 1. The van der Waals surface area contributed by atoms with Crippen LogP contribution >= 0.6 is 23.2 Å². The minimum Gasteiger partial charge on any atom is -0.382 e. The topological polar surface area (TPSA) is 107 Å². The number of hydrogen-bond acceptors (Lipinski definition) is 5. The van der Waals surface area contributed by atoms with Crippen LogP contribution in [0, 0.1) is 0 Å². The second-order valence-electron chi connectivity index (χ2n) is 3.60. The highest BCUT2D eigenvalue weighted by atomic mass is 35.5. The van der Waals surface area contributed by atoms with E-state index in [2.05, 4.69) is 15.3 Å². The number of aromatic nitrogens is 2. The van der Waals surface area contributed by atoms with E-state index in [0.717, 1.165) is 0 Å². The van der Waals surface area contributed by atoms with Gasteiger partial charge in [-0.15, -0.1) is 0 Å². The third-order valence-corrected chi connectivity index (χ3v) is 3.07. The quantitative estimate of drug-likeness (QED) is 0.788. The molecule has 6 nitrogen and oxygen atoms in total. The van der Waals surface area contributed by atoms with Crippen molar-refractivity contribution in [3.63, 3.8) is 0 Å². The summed E-state index contributed by atoms with van der Waals surface area (Å²) in [7, 11) is 0. The highest BCUT2D eigenvalue weighted by Crippen LogP contribution is 2.25. The first-order chi connectivity index (χ1) is 8.99. The van der Waals surface area contributed by atoms with Crippen LogP contribution in [0.1, 0.15) is 10.4 Å². The van der Waals surface area contributed by atoms with Gasteiger partial charge in [-0.05, 0) is 18.2 Å². The van der Waals surface area contributed by atoms with Crippen molar-refractivity contribution in [2.24, 2.45) is 0 Å². The second-order valence-corrected chi connectivity index (χ2v) is 4.42. The largest absolute Gasteiger partial charge is 0.382 e. The Balaban J connectivity index is 2.28. The predicted octanol–water partition coefficient (Wildman–Crippen LogP) is 2.20. The molecule has 19 heavy (non-hydrogen) atoms. The van der Waals surface area contributed by atoms with Gasteiger partial charge in [-0.25, -0.2) is 9.97 Å². The van der Waals surface area contributed by atoms with Crippen LogP contribution in [0.2, 0.25) is 10.0 Å². The van der Waals surface area contributed by atoms with Crippen LogP contribution < -0.4 is 16.8 Å². The van der Waals surface area contributed by atoms with Gasteiger partial charge < -0.3 is 16.8 Å². The zero-order valence-corrected chi connectivity index (χ0v) is 11.0. The molecular formula is C11H9Cl2N5O. The van der Waals surface area contributed by atoms with Crippen molar-refractivity contribution < 1.29 is 4.79 Å². The Hall–Kier alpha value is -2.05. The molecule has 0 bridgehead atoms. The molecule has 0 fully saturated rings. The van der Waals surface area contributed by atoms with E-state index < -0.39 is 5.91 Å². The van der Waals surface area contributed by atoms with Gasteiger partial charge in [0.05, 0.1) is 10.0 Å². The summed E-state index contributed by atoms with van der Waals surface area (Å²) in [6, 6.07) is 4.49. The first-order valence-electron chi connectivity index (χ1n) is 5.11. The van der Waals surface area contributed by atoms with Crippen molar-refractivity contribution in [2.45, 2.75) is 0 Å². The van der Waals surface area contributed by atoms with Gasteiger partial charge in [-0.3, -0.25) is 4.79 Å². The Kier molecular flexibility index (Phi) is 3.73. The fourth-order valence-corrected chi connectivity index (χ4v) is 1.66. The number of benzene rings is 1. The molecule has 8 heteroatoms. The van der Waals surface area contributed by atoms with Gasteiger partial charge in [0.25, 0.3) is 5.91 Å². The van der Waals surface area contributed by atoms with E-state index in [0.29, 0.717) is 10.6 Å². The van der Waals surface area contributed by atoms with Crippen LogP contribution in [-0.4, -0.2) is 15.9 Å². The minimum atomic E-state index is -0.438. The zero-order chi connectivity index (χ0) is 14.0. The maximum Gasteiger partial charge on any atom is 0.255 e. The first-order valence-corrected chi connectivity index (χ1v) is 5.87. The molecule has 0 saturated heterocycles. The number of rotatable bonds is 2. The molecule has 2 rings (SSSR count). The highest BCUT2D eigenvalue weighted by Gasteiger charge is 2.13. The van der Waals surface area contributed by atoms with Crippen molar-refractivity contribution >= 4 is 46.4 Å². The number of halogens is 2. The van der Waals surface area contributed by atoms with Gasteiger partial charge in [-0.2, -0.15) is 0 Å². The molecule has 1 heterocycles. The van der Waals surface area contributed by atoms with Crippen LogP contribution in [-0.2, 0) is 0 Å². The number of amides is 1. The third-order valence-electron chi connectivity index (χ3n) is 2.33. The molecule has 98 valence electrons. The number of hydrogen-bond donors (Lipinski definition) is 3. The molecule has 0 radical (unpaired) electrons. The van der Waals surface area contributed by atoms with E-state index in [1.54, 1.807) is 0 Å². The summed E-state index contributed by atoms with van der Waals surface area (Å²) in [6.45, 7) is 0. The molecule has 0 aliphatic carbocycles. The smallest absolute Gasteiger partial charge is 0.255 e. The van der Waals surface area contributed by atoms with Gasteiger partial charge in [0.15, 0.2) is 11.6 Å². The fourth-order valence-electron chi connectivity index (χ4n) is 1.36. The Morgan fingerprint density at radius 3 is 2.32 bits per heavy atom. The van der Waals surface area contributed by atoms with Crippen LogP contribution in [0.3, 0.4) is 0 Å². The minimum absolute atomic E-state index is 0.0842. The molecule has 1 aromatic heterocycles. The lowest BCUT2D eigenvalue weighted by Crippen LogP contribution is -2.16. The SMILES string of the molecule is Nc1ncnc(N)c1NC(=O)c1ccc(Cl)c(Cl)c1. The predicted molar refractivity (Wildman–Crippen MR) is 75.3 cm³/mol. The molecule has 0 saturated carbocycles. The summed E-state index contributed by atoms with van der Waals surface area (Å²) in [6.07, 6.45) is 1.21. The standard InChI is InChI=1S/C11H9Cl2N5O/c12-6-2-1-5(3-7(6)13)11(19)18-8-9(14)16-4-17-10(8)15/h1-4H,(H,18,19)(H4,14,15,16,17). The van der Waals surface area contributed by atoms with Crippen molar-refractivity contribution in [1.29, 1.82) is 0 Å². The van der Waals surface area contributed by atoms with Gasteiger partial charge in [0.2, 0.25) is 0 Å². The van der Waals surface area contributed by atoms with Crippen LogP contribution in [0.5, 0.6) is 0 Å². The van der Waals surface area contributed by atoms with E-state index >= 15 is 0 Å². The Morgan fingerprint density at radius 1 is 1.11 bits per heavy atom. The lowest BCUT2D eigenvalue weighted by molar-refractivity contribution is 0.102. The van der Waals surface area contributed by atoms with Crippen molar-refractivity contribution in [1.82, 2.24) is 9.97 Å². The molecule has 2 aromatic rings. The fraction of sp³-hybridized carbons (Fsp3) is 0. The van der Waals surface area contributed by atoms with Gasteiger partial charge in [0.1, 0.15) is 12.0 Å². The number of nitrogen functional groups attached to an aromatic ring is 2. The number of carbonyl (C=O) groups is 1. The zero-order valence-electron chi connectivity index (χ0n) is 9.52. The molecule has 0 aliphatic heterocycles. The summed E-state index contributed by atoms with van der Waals surface area (Å²) in [5.41, 5.74) is 11.7. The van der Waals surface area contributed by atoms with E-state index in [1.165, 1.54) is 24.5 Å². The van der Waals surface area contributed by atoms with Crippen molar-refractivity contribution in [3.8, 4) is 0 Å². The third kappa shape index (κ3) is 2.86. The molecule has 1 amide bonds. The number of carbonyl (C=O) groups excluding carboxylic acids is 1. The monoisotopic (exact) mass is 297 g/mol. The lowest BCUT2D eigenvalue weighted by Gasteiger charge is -2.09. The normalized spacial score (nSPS) is 10.2. The molecular weight excluding hydrogens is 289 g/mol. The number of nitrogens with zero attached hydrogens (tertiary/aromatic N) is 2. The molecule has 0 unspecified atom stereocenters. The lowest BCUT2D eigenvalue weighted by atomic mass is 10.2. The summed E-state index contributed by atoms with van der Waals surface area (Å²) in [5, 5.41) is 3.16. The molecule has 0 aliphatic rings. The molecule has 1 aromatic carbocycles. The average molecular weight is 298 g/mol. The maximum absolute atomic E-state index is 12.0. The Bertz CT molecular complexity index is 627. The van der Waals surface area contributed by atoms with Gasteiger partial charge in [-0.1, -0.05) is 23.2 Å². The van der Waals surface area contributed by atoms with Crippen molar-refractivity contribution in [3.05, 3.63) is 40.1 Å². The van der Waals surface area contributed by atoms with Gasteiger partial charge >= 0.3 is 0 Å². The van der Waals surface area contributed by atoms with E-state index in [9.17, 15) is 4.79 Å². The molecule has 0 atom stereocenters. The first kappa shape index (κ1) is 13.4. The summed E-state index contributed by atoms with van der Waals surface area (Å²) in [5.74, 6) is -0.270. The van der Waals surface area contributed by atoms with Crippen LogP contribution in [0.15, 0.2) is 24.5 Å². The second kappa shape index (κ2) is 5.29. The summed E-state index contributed by atoms with van der Waals surface area (Å²) < 4.78 is 0. The number of anilines is 3.